The van der Waals surface area contributed by atoms with Gasteiger partial charge in [-0.25, -0.2) is 8.78 Å². The highest BCUT2D eigenvalue weighted by molar-refractivity contribution is 5.76. The fourth-order valence-corrected chi connectivity index (χ4v) is 1.70. The van der Waals surface area contributed by atoms with E-state index in [1.54, 1.807) is 7.11 Å². The van der Waals surface area contributed by atoms with Gasteiger partial charge in [0.25, 0.3) is 0 Å². The third kappa shape index (κ3) is 6.61. The summed E-state index contributed by atoms with van der Waals surface area (Å²) in [6, 6.07) is 3.02. The first kappa shape index (κ1) is 17.5. The van der Waals surface area contributed by atoms with Gasteiger partial charge in [-0.1, -0.05) is 6.07 Å². The van der Waals surface area contributed by atoms with Crippen LogP contribution in [0.15, 0.2) is 18.2 Å². The number of methoxy groups -OCH3 is 1. The van der Waals surface area contributed by atoms with Crippen molar-refractivity contribution in [3.63, 3.8) is 0 Å². The molecule has 1 atom stereocenters. The van der Waals surface area contributed by atoms with Gasteiger partial charge in [-0.05, 0) is 6.07 Å². The summed E-state index contributed by atoms with van der Waals surface area (Å²) in [5, 5.41) is 15.3. The lowest BCUT2D eigenvalue weighted by molar-refractivity contribution is -0.121. The van der Waals surface area contributed by atoms with Crippen LogP contribution in [0.2, 0.25) is 0 Å². The van der Waals surface area contributed by atoms with Gasteiger partial charge < -0.3 is 20.5 Å². The first-order valence-electron chi connectivity index (χ1n) is 6.64. The van der Waals surface area contributed by atoms with Gasteiger partial charge in [0.05, 0.1) is 12.7 Å². The number of hydrogen-bond donors (Lipinski definition) is 3. The fourth-order valence-electron chi connectivity index (χ4n) is 1.70. The number of benzene rings is 1. The van der Waals surface area contributed by atoms with Crippen molar-refractivity contribution in [3.05, 3.63) is 35.4 Å². The highest BCUT2D eigenvalue weighted by Gasteiger charge is 2.13. The second kappa shape index (κ2) is 9.38. The molecule has 1 aromatic carbocycles. The summed E-state index contributed by atoms with van der Waals surface area (Å²) in [4.78, 5) is 11.4. The third-order valence-electron chi connectivity index (χ3n) is 2.82. The Labute approximate surface area is 122 Å². The zero-order chi connectivity index (χ0) is 15.7. The topological polar surface area (TPSA) is 70.6 Å². The summed E-state index contributed by atoms with van der Waals surface area (Å²) >= 11 is 0. The quantitative estimate of drug-likeness (QED) is 0.589. The summed E-state index contributed by atoms with van der Waals surface area (Å²) in [6.45, 7) is 1.31. The molecule has 0 aliphatic heterocycles. The van der Waals surface area contributed by atoms with Gasteiger partial charge in [0, 0.05) is 44.8 Å². The molecule has 1 amide bonds. The molecule has 0 spiro atoms. The van der Waals surface area contributed by atoms with E-state index in [1.807, 2.05) is 0 Å². The summed E-state index contributed by atoms with van der Waals surface area (Å²) in [7, 11) is 1.55. The maximum Gasteiger partial charge on any atom is 0.221 e. The predicted octanol–water partition coefficient (Wildman–Crippen LogP) is 0.741. The third-order valence-corrected chi connectivity index (χ3v) is 2.82. The number of carbonyl (C=O) groups excluding carboxylic acids is 1. The first-order valence-corrected chi connectivity index (χ1v) is 6.64. The largest absolute Gasteiger partial charge is 0.387 e. The van der Waals surface area contributed by atoms with Gasteiger partial charge in [-0.2, -0.15) is 0 Å². The number of carbonyl (C=O) groups is 1. The number of ether oxygens (including phenoxy) is 1. The van der Waals surface area contributed by atoms with E-state index in [1.165, 1.54) is 6.07 Å². The standard InChI is InChI=1S/C14H20F2N2O3/c1-21-7-6-18-14(20)4-5-17-9-13(19)11-3-2-10(15)8-12(11)16/h2-3,8,13,17,19H,4-7,9H2,1H3,(H,18,20). The molecule has 7 heteroatoms. The lowest BCUT2D eigenvalue weighted by Crippen LogP contribution is -2.31. The minimum Gasteiger partial charge on any atom is -0.387 e. The smallest absolute Gasteiger partial charge is 0.221 e. The molecule has 0 aliphatic rings. The van der Waals surface area contributed by atoms with Gasteiger partial charge in [0.2, 0.25) is 5.91 Å². The Hall–Kier alpha value is -1.57. The highest BCUT2D eigenvalue weighted by Crippen LogP contribution is 2.17. The minimum atomic E-state index is -1.10. The normalized spacial score (nSPS) is 12.2. The fraction of sp³-hybridized carbons (Fsp3) is 0.500. The molecule has 0 aromatic heterocycles. The number of rotatable bonds is 9. The lowest BCUT2D eigenvalue weighted by Gasteiger charge is -2.13. The van der Waals surface area contributed by atoms with Crippen molar-refractivity contribution in [2.45, 2.75) is 12.5 Å². The van der Waals surface area contributed by atoms with Gasteiger partial charge in [-0.15, -0.1) is 0 Å². The molecule has 0 fully saturated rings. The average molecular weight is 302 g/mol. The first-order chi connectivity index (χ1) is 10.0. The maximum absolute atomic E-state index is 13.4. The van der Waals surface area contributed by atoms with Gasteiger partial charge in [0.1, 0.15) is 11.6 Å². The molecule has 5 nitrogen and oxygen atoms in total. The lowest BCUT2D eigenvalue weighted by atomic mass is 10.1. The SMILES string of the molecule is COCCNC(=O)CCNCC(O)c1ccc(F)cc1F. The molecule has 0 bridgehead atoms. The molecule has 1 rings (SSSR count). The Bertz CT molecular complexity index is 458. The summed E-state index contributed by atoms with van der Waals surface area (Å²) in [6.07, 6.45) is -0.857. The van der Waals surface area contributed by atoms with E-state index in [2.05, 4.69) is 10.6 Å². The zero-order valence-corrected chi connectivity index (χ0v) is 11.9. The number of aliphatic hydroxyl groups is 1. The zero-order valence-electron chi connectivity index (χ0n) is 11.9. The van der Waals surface area contributed by atoms with E-state index in [4.69, 9.17) is 4.74 Å². The Morgan fingerprint density at radius 2 is 2.14 bits per heavy atom. The number of amides is 1. The second-order valence-electron chi connectivity index (χ2n) is 4.48. The Morgan fingerprint density at radius 1 is 1.38 bits per heavy atom. The highest BCUT2D eigenvalue weighted by atomic mass is 19.1. The van der Waals surface area contributed by atoms with Gasteiger partial charge in [0.15, 0.2) is 0 Å². The van der Waals surface area contributed by atoms with Crippen LogP contribution >= 0.6 is 0 Å². The Morgan fingerprint density at radius 3 is 2.81 bits per heavy atom. The van der Waals surface area contributed by atoms with Gasteiger partial charge >= 0.3 is 0 Å². The van der Waals surface area contributed by atoms with Crippen molar-refractivity contribution >= 4 is 5.91 Å². The van der Waals surface area contributed by atoms with Crippen molar-refractivity contribution in [3.8, 4) is 0 Å². The molecule has 0 saturated carbocycles. The number of hydrogen-bond acceptors (Lipinski definition) is 4. The summed E-state index contributed by atoms with van der Waals surface area (Å²) < 4.78 is 30.9. The second-order valence-corrected chi connectivity index (χ2v) is 4.48. The molecule has 0 radical (unpaired) electrons. The molecular formula is C14H20F2N2O3. The van der Waals surface area contributed by atoms with Crippen LogP contribution in [-0.2, 0) is 9.53 Å². The summed E-state index contributed by atoms with van der Waals surface area (Å²) in [5.74, 6) is -1.62. The van der Waals surface area contributed by atoms with E-state index in [0.717, 1.165) is 12.1 Å². The van der Waals surface area contributed by atoms with Crippen LogP contribution in [-0.4, -0.2) is 44.4 Å². The number of halogens is 2. The van der Waals surface area contributed by atoms with Crippen molar-refractivity contribution in [2.24, 2.45) is 0 Å². The molecule has 118 valence electrons. The molecule has 21 heavy (non-hydrogen) atoms. The number of nitrogens with one attached hydrogen (secondary N) is 2. The van der Waals surface area contributed by atoms with Crippen LogP contribution in [0.1, 0.15) is 18.1 Å². The van der Waals surface area contributed by atoms with Crippen molar-refractivity contribution in [1.82, 2.24) is 10.6 Å². The predicted molar refractivity (Wildman–Crippen MR) is 73.7 cm³/mol. The minimum absolute atomic E-state index is 0.0217. The van der Waals surface area contributed by atoms with E-state index in [0.29, 0.717) is 19.7 Å². The number of aliphatic hydroxyl groups excluding tert-OH is 1. The van der Waals surface area contributed by atoms with Crippen LogP contribution in [0.3, 0.4) is 0 Å². The van der Waals surface area contributed by atoms with E-state index in [9.17, 15) is 18.7 Å². The Kier molecular flexibility index (Phi) is 7.81. The van der Waals surface area contributed by atoms with E-state index < -0.39 is 17.7 Å². The van der Waals surface area contributed by atoms with Gasteiger partial charge in [-0.3, -0.25) is 4.79 Å². The molecule has 0 aliphatic carbocycles. The van der Waals surface area contributed by atoms with E-state index in [-0.39, 0.29) is 24.4 Å². The van der Waals surface area contributed by atoms with E-state index >= 15 is 0 Å². The monoisotopic (exact) mass is 302 g/mol. The summed E-state index contributed by atoms with van der Waals surface area (Å²) in [5.41, 5.74) is 0.0217. The molecule has 1 unspecified atom stereocenters. The molecule has 0 heterocycles. The molecule has 3 N–H and O–H groups in total. The van der Waals surface area contributed by atoms with Crippen LogP contribution in [0, 0.1) is 11.6 Å². The van der Waals surface area contributed by atoms with Crippen LogP contribution < -0.4 is 10.6 Å². The maximum atomic E-state index is 13.4. The van der Waals surface area contributed by atoms with Crippen LogP contribution in [0.25, 0.3) is 0 Å². The molecule has 0 saturated heterocycles. The molecular weight excluding hydrogens is 282 g/mol. The van der Waals surface area contributed by atoms with Crippen molar-refractivity contribution in [1.29, 1.82) is 0 Å². The van der Waals surface area contributed by atoms with Crippen molar-refractivity contribution in [2.75, 3.05) is 33.4 Å². The van der Waals surface area contributed by atoms with Crippen molar-refractivity contribution < 1.29 is 23.4 Å². The average Bonchev–Trinajstić information content (AvgIpc) is 2.43. The van der Waals surface area contributed by atoms with Crippen LogP contribution in [0.4, 0.5) is 8.78 Å². The Balaban J connectivity index is 2.24. The molecule has 1 aromatic rings. The van der Waals surface area contributed by atoms with Crippen LogP contribution in [0.5, 0.6) is 0 Å².